The molecule has 1 aromatic heterocycles. The van der Waals surface area contributed by atoms with E-state index in [-0.39, 0.29) is 37.0 Å². The van der Waals surface area contributed by atoms with E-state index in [1.54, 1.807) is 10.2 Å². The standard InChI is InChI=1S/C40H44N6O6S/c47-26-28-15-17-31(18-16-28)36-24-35(27-53-40-42-44-45-46(40)34-11-4-3-5-12-34)51-39(52-36)32-21-19-30(20-22-32)33-10-8-9-29(23-33)25-41-37(48)13-6-1-2-7-14-38(49)43-50/h3-5,8-12,15-23,35-36,39,47,50H,1-2,6-7,13-14,24-27H2,(H,41,48)(H,43,49)/t35-,36+,39+/m1/s1. The van der Waals surface area contributed by atoms with Crippen molar-refractivity contribution in [2.24, 2.45) is 0 Å². The molecule has 0 bridgehead atoms. The molecule has 276 valence electrons. The number of benzene rings is 4. The number of rotatable bonds is 17. The largest absolute Gasteiger partial charge is 0.392 e. The van der Waals surface area contributed by atoms with Crippen molar-refractivity contribution in [3.05, 3.63) is 125 Å². The molecule has 5 aromatic rings. The molecule has 12 nitrogen and oxygen atoms in total. The number of hydroxylamine groups is 1. The Kier molecular flexibility index (Phi) is 13.7. The van der Waals surface area contributed by atoms with Crippen LogP contribution >= 0.6 is 11.8 Å². The maximum Gasteiger partial charge on any atom is 0.243 e. The van der Waals surface area contributed by atoms with Gasteiger partial charge in [-0.1, -0.05) is 110 Å². The van der Waals surface area contributed by atoms with Crippen molar-refractivity contribution in [1.82, 2.24) is 31.0 Å². The number of carbonyl (C=O) groups is 2. The number of carbonyl (C=O) groups excluding carboxylic acids is 2. The van der Waals surface area contributed by atoms with E-state index in [1.807, 2.05) is 84.9 Å². The van der Waals surface area contributed by atoms with E-state index in [9.17, 15) is 14.7 Å². The van der Waals surface area contributed by atoms with Crippen LogP contribution in [-0.4, -0.2) is 54.2 Å². The molecule has 6 rings (SSSR count). The molecule has 2 heterocycles. The molecule has 13 heteroatoms. The summed E-state index contributed by atoms with van der Waals surface area (Å²) in [6.45, 7) is 0.414. The van der Waals surface area contributed by atoms with Crippen LogP contribution in [-0.2, 0) is 32.2 Å². The lowest BCUT2D eigenvalue weighted by Gasteiger charge is -2.36. The monoisotopic (exact) mass is 736 g/mol. The van der Waals surface area contributed by atoms with Crippen LogP contribution in [0.3, 0.4) is 0 Å². The molecule has 1 aliphatic rings. The van der Waals surface area contributed by atoms with E-state index >= 15 is 0 Å². The van der Waals surface area contributed by atoms with Crippen molar-refractivity contribution < 1.29 is 29.4 Å². The minimum atomic E-state index is -0.599. The van der Waals surface area contributed by atoms with Crippen LogP contribution in [0.2, 0.25) is 0 Å². The van der Waals surface area contributed by atoms with Gasteiger partial charge in [0.1, 0.15) is 0 Å². The van der Waals surface area contributed by atoms with E-state index in [1.165, 1.54) is 11.8 Å². The van der Waals surface area contributed by atoms with Crippen LogP contribution in [0.25, 0.3) is 16.8 Å². The minimum absolute atomic E-state index is 0.00515. The summed E-state index contributed by atoms with van der Waals surface area (Å²) in [5.74, 6) is 0.226. The predicted molar refractivity (Wildman–Crippen MR) is 200 cm³/mol. The van der Waals surface area contributed by atoms with E-state index in [0.29, 0.717) is 36.7 Å². The Morgan fingerprint density at radius 2 is 1.53 bits per heavy atom. The molecule has 0 saturated carbocycles. The van der Waals surface area contributed by atoms with Gasteiger partial charge in [-0.2, -0.15) is 4.68 Å². The Morgan fingerprint density at radius 1 is 0.792 bits per heavy atom. The van der Waals surface area contributed by atoms with Crippen LogP contribution in [0.1, 0.15) is 79.6 Å². The SMILES string of the molecule is O=C(CCCCCCC(=O)NCc1cccc(-c2ccc([C@H]3O[C@@H](CSc4nnnn4-c4ccccc4)C[C@@H](c4ccc(CO)cc4)O3)cc2)c1)NO. The number of nitrogens with one attached hydrogen (secondary N) is 2. The minimum Gasteiger partial charge on any atom is -0.392 e. The predicted octanol–water partition coefficient (Wildman–Crippen LogP) is 6.62. The van der Waals surface area contributed by atoms with Gasteiger partial charge in [-0.05, 0) is 69.3 Å². The highest BCUT2D eigenvalue weighted by molar-refractivity contribution is 7.99. The zero-order valence-electron chi connectivity index (χ0n) is 29.3. The first kappa shape index (κ1) is 37.8. The normalized spacial score (nSPS) is 17.0. The fraction of sp³-hybridized carbons (Fsp3) is 0.325. The molecule has 53 heavy (non-hydrogen) atoms. The number of hydrogen-bond acceptors (Lipinski definition) is 10. The summed E-state index contributed by atoms with van der Waals surface area (Å²) in [4.78, 5) is 23.5. The van der Waals surface area contributed by atoms with Crippen molar-refractivity contribution in [3.63, 3.8) is 0 Å². The third kappa shape index (κ3) is 10.8. The Morgan fingerprint density at radius 3 is 2.26 bits per heavy atom. The lowest BCUT2D eigenvalue weighted by atomic mass is 9.99. The third-order valence-electron chi connectivity index (χ3n) is 9.07. The van der Waals surface area contributed by atoms with Gasteiger partial charge in [0.05, 0.1) is 24.5 Å². The number of unbranched alkanes of at least 4 members (excludes halogenated alkanes) is 3. The van der Waals surface area contributed by atoms with Gasteiger partial charge in [0.2, 0.25) is 17.0 Å². The molecular weight excluding hydrogens is 693 g/mol. The van der Waals surface area contributed by atoms with Gasteiger partial charge in [0, 0.05) is 37.1 Å². The first-order valence-corrected chi connectivity index (χ1v) is 18.8. The van der Waals surface area contributed by atoms with E-state index in [0.717, 1.165) is 58.3 Å². The third-order valence-corrected chi connectivity index (χ3v) is 10.1. The summed E-state index contributed by atoms with van der Waals surface area (Å²) in [7, 11) is 0. The molecule has 1 aliphatic heterocycles. The number of amides is 2. The molecule has 0 unspecified atom stereocenters. The Balaban J connectivity index is 1.08. The van der Waals surface area contributed by atoms with Gasteiger partial charge in [-0.25, -0.2) is 5.48 Å². The quantitative estimate of drug-likeness (QED) is 0.0354. The summed E-state index contributed by atoms with van der Waals surface area (Å²) < 4.78 is 14.9. The first-order valence-electron chi connectivity index (χ1n) is 17.8. The second-order valence-electron chi connectivity index (χ2n) is 12.9. The lowest BCUT2D eigenvalue weighted by Crippen LogP contribution is -2.31. The number of nitrogens with zero attached hydrogens (tertiary/aromatic N) is 4. The molecule has 1 saturated heterocycles. The topological polar surface area (TPSA) is 161 Å². The van der Waals surface area contributed by atoms with Gasteiger partial charge >= 0.3 is 0 Å². The van der Waals surface area contributed by atoms with Crippen LogP contribution in [0, 0.1) is 0 Å². The van der Waals surface area contributed by atoms with E-state index in [4.69, 9.17) is 14.7 Å². The lowest BCUT2D eigenvalue weighted by molar-refractivity contribution is -0.245. The van der Waals surface area contributed by atoms with Crippen molar-refractivity contribution >= 4 is 23.6 Å². The summed E-state index contributed by atoms with van der Waals surface area (Å²) in [5.41, 5.74) is 8.35. The molecule has 4 aromatic carbocycles. The highest BCUT2D eigenvalue weighted by Gasteiger charge is 2.32. The average molecular weight is 737 g/mol. The number of aliphatic hydroxyl groups is 1. The summed E-state index contributed by atoms with van der Waals surface area (Å²) in [6.07, 6.45) is 3.49. The summed E-state index contributed by atoms with van der Waals surface area (Å²) in [6, 6.07) is 33.9. The van der Waals surface area contributed by atoms with Gasteiger partial charge in [-0.3, -0.25) is 14.8 Å². The second kappa shape index (κ2) is 19.2. The van der Waals surface area contributed by atoms with Gasteiger partial charge in [-0.15, -0.1) is 5.10 Å². The number of tetrazole rings is 1. The maximum absolute atomic E-state index is 12.4. The smallest absolute Gasteiger partial charge is 0.243 e. The molecule has 0 aliphatic carbocycles. The zero-order chi connectivity index (χ0) is 36.8. The van der Waals surface area contributed by atoms with Gasteiger partial charge < -0.3 is 19.9 Å². The Hall–Kier alpha value is -4.92. The molecule has 0 radical (unpaired) electrons. The second-order valence-corrected chi connectivity index (χ2v) is 13.9. The fourth-order valence-corrected chi connectivity index (χ4v) is 7.06. The van der Waals surface area contributed by atoms with Crippen LogP contribution in [0.15, 0.2) is 108 Å². The number of para-hydroxylation sites is 1. The highest BCUT2D eigenvalue weighted by atomic mass is 32.2. The van der Waals surface area contributed by atoms with Gasteiger partial charge in [0.25, 0.3) is 0 Å². The van der Waals surface area contributed by atoms with Crippen LogP contribution in [0.4, 0.5) is 0 Å². The molecule has 0 spiro atoms. The van der Waals surface area contributed by atoms with Crippen molar-refractivity contribution in [1.29, 1.82) is 0 Å². The Bertz CT molecular complexity index is 1910. The average Bonchev–Trinajstić information content (AvgIpc) is 3.69. The number of ether oxygens (including phenoxy) is 2. The highest BCUT2D eigenvalue weighted by Crippen LogP contribution is 2.40. The molecule has 1 fully saturated rings. The molecule has 2 amide bonds. The number of aromatic nitrogens is 4. The van der Waals surface area contributed by atoms with E-state index < -0.39 is 6.29 Å². The van der Waals surface area contributed by atoms with E-state index in [2.05, 4.69) is 39.0 Å². The summed E-state index contributed by atoms with van der Waals surface area (Å²) in [5, 5.41) is 34.2. The van der Waals surface area contributed by atoms with Crippen LogP contribution < -0.4 is 10.8 Å². The number of aliphatic hydroxyl groups excluding tert-OH is 1. The molecule has 3 atom stereocenters. The van der Waals surface area contributed by atoms with Crippen molar-refractivity contribution in [2.45, 2.75) is 81.8 Å². The van der Waals surface area contributed by atoms with Crippen LogP contribution in [0.5, 0.6) is 0 Å². The number of thioether (sulfide) groups is 1. The number of hydrogen-bond donors (Lipinski definition) is 4. The molecular formula is C40H44N6O6S. The van der Waals surface area contributed by atoms with Crippen molar-refractivity contribution in [3.8, 4) is 16.8 Å². The Labute approximate surface area is 312 Å². The maximum atomic E-state index is 12.4. The fourth-order valence-electron chi connectivity index (χ4n) is 6.15. The van der Waals surface area contributed by atoms with Gasteiger partial charge in [0.15, 0.2) is 6.29 Å². The zero-order valence-corrected chi connectivity index (χ0v) is 30.2. The van der Waals surface area contributed by atoms with Crippen molar-refractivity contribution in [2.75, 3.05) is 5.75 Å². The molecule has 4 N–H and O–H groups in total. The first-order chi connectivity index (χ1) is 26.0. The summed E-state index contributed by atoms with van der Waals surface area (Å²) >= 11 is 1.54.